The van der Waals surface area contributed by atoms with Crippen molar-refractivity contribution < 1.29 is 13.2 Å². The Morgan fingerprint density at radius 3 is 2.50 bits per heavy atom. The number of nitrogens with two attached hydrogens (primary N) is 1. The topological polar surface area (TPSA) is 38.0 Å². The summed E-state index contributed by atoms with van der Waals surface area (Å²) in [4.78, 5) is 0. The number of alkyl halides is 3. The molecule has 0 radical (unpaired) electrons. The van der Waals surface area contributed by atoms with Crippen LogP contribution in [-0.2, 0) is 6.42 Å². The number of hydrogen-bond donors (Lipinski definition) is 2. The first-order chi connectivity index (χ1) is 8.42. The molecule has 1 aromatic carbocycles. The van der Waals surface area contributed by atoms with Crippen LogP contribution in [0.2, 0.25) is 5.02 Å². The van der Waals surface area contributed by atoms with E-state index in [1.807, 2.05) is 12.1 Å². The highest BCUT2D eigenvalue weighted by Crippen LogP contribution is 2.24. The van der Waals surface area contributed by atoms with Gasteiger partial charge < -0.3 is 0 Å². The average Bonchev–Trinajstić information content (AvgIpc) is 2.29. The third-order valence-electron chi connectivity index (χ3n) is 2.67. The van der Waals surface area contributed by atoms with Gasteiger partial charge in [-0.25, -0.2) is 0 Å². The maximum Gasteiger partial charge on any atom is 0.389 e. The lowest BCUT2D eigenvalue weighted by molar-refractivity contribution is -0.135. The first-order valence-corrected chi connectivity index (χ1v) is 6.06. The predicted octanol–water partition coefficient (Wildman–Crippen LogP) is 3.45. The van der Waals surface area contributed by atoms with E-state index in [9.17, 15) is 13.2 Å². The summed E-state index contributed by atoms with van der Waals surface area (Å²) < 4.78 is 36.1. The van der Waals surface area contributed by atoms with E-state index in [1.165, 1.54) is 0 Å². The van der Waals surface area contributed by atoms with E-state index in [-0.39, 0.29) is 12.5 Å². The molecule has 6 heteroatoms. The number of hydrazine groups is 1. The van der Waals surface area contributed by atoms with Crippen LogP contribution in [0.4, 0.5) is 13.2 Å². The molecule has 1 unspecified atom stereocenters. The largest absolute Gasteiger partial charge is 0.389 e. The molecule has 1 aromatic rings. The predicted molar refractivity (Wildman–Crippen MR) is 66.2 cm³/mol. The molecule has 0 saturated heterocycles. The van der Waals surface area contributed by atoms with E-state index in [0.29, 0.717) is 17.9 Å². The van der Waals surface area contributed by atoms with Crippen molar-refractivity contribution in [2.45, 2.75) is 37.9 Å². The first kappa shape index (κ1) is 15.3. The lowest BCUT2D eigenvalue weighted by Crippen LogP contribution is -2.37. The fraction of sp³-hybridized carbons (Fsp3) is 0.500. The molecule has 0 aliphatic rings. The zero-order chi connectivity index (χ0) is 13.6. The fourth-order valence-electron chi connectivity index (χ4n) is 1.72. The third kappa shape index (κ3) is 5.71. The maximum absolute atomic E-state index is 12.0. The monoisotopic (exact) mass is 280 g/mol. The molecular formula is C12H16ClF3N2. The Labute approximate surface area is 109 Å². The van der Waals surface area contributed by atoms with Gasteiger partial charge in [0, 0.05) is 17.5 Å². The number of hydrogen-bond acceptors (Lipinski definition) is 2. The summed E-state index contributed by atoms with van der Waals surface area (Å²) in [5, 5.41) is 0.605. The van der Waals surface area contributed by atoms with E-state index < -0.39 is 12.6 Å². The number of nitrogens with one attached hydrogen (secondary N) is 1. The Morgan fingerprint density at radius 2 is 1.94 bits per heavy atom. The van der Waals surface area contributed by atoms with E-state index >= 15 is 0 Å². The van der Waals surface area contributed by atoms with Crippen LogP contribution >= 0.6 is 11.6 Å². The van der Waals surface area contributed by atoms with Crippen molar-refractivity contribution in [2.75, 3.05) is 0 Å². The highest BCUT2D eigenvalue weighted by molar-refractivity contribution is 6.31. The molecule has 102 valence electrons. The molecule has 0 saturated carbocycles. The summed E-state index contributed by atoms with van der Waals surface area (Å²) >= 11 is 5.98. The van der Waals surface area contributed by atoms with Crippen molar-refractivity contribution in [1.82, 2.24) is 5.43 Å². The van der Waals surface area contributed by atoms with Gasteiger partial charge in [-0.2, -0.15) is 13.2 Å². The van der Waals surface area contributed by atoms with Gasteiger partial charge in [0.1, 0.15) is 0 Å². The highest BCUT2D eigenvalue weighted by Gasteiger charge is 2.26. The Bertz CT molecular complexity index is 369. The summed E-state index contributed by atoms with van der Waals surface area (Å²) in [7, 11) is 0. The average molecular weight is 281 g/mol. The molecule has 0 aromatic heterocycles. The van der Waals surface area contributed by atoms with Crippen molar-refractivity contribution >= 4 is 11.6 Å². The lowest BCUT2D eigenvalue weighted by Gasteiger charge is -2.17. The maximum atomic E-state index is 12.0. The number of rotatable bonds is 6. The van der Waals surface area contributed by atoms with Crippen LogP contribution in [0.15, 0.2) is 24.3 Å². The fourth-order valence-corrected chi connectivity index (χ4v) is 1.94. The van der Waals surface area contributed by atoms with Crippen LogP contribution in [0.3, 0.4) is 0 Å². The van der Waals surface area contributed by atoms with E-state index in [0.717, 1.165) is 5.56 Å². The summed E-state index contributed by atoms with van der Waals surface area (Å²) in [5.41, 5.74) is 3.42. The Hall–Kier alpha value is -0.780. The van der Waals surface area contributed by atoms with Crippen LogP contribution in [-0.4, -0.2) is 12.2 Å². The van der Waals surface area contributed by atoms with Gasteiger partial charge in [-0.1, -0.05) is 29.8 Å². The molecular weight excluding hydrogens is 265 g/mol. The molecule has 0 amide bonds. The van der Waals surface area contributed by atoms with Gasteiger partial charge in [-0.3, -0.25) is 11.3 Å². The standard InChI is InChI=1S/C12H16ClF3N2/c13-11-6-2-1-4-9(11)8-10(18-17)5-3-7-12(14,15)16/h1-2,4,6,10,18H,3,5,7-8,17H2. The molecule has 0 fully saturated rings. The van der Waals surface area contributed by atoms with E-state index in [1.54, 1.807) is 12.1 Å². The number of benzene rings is 1. The van der Waals surface area contributed by atoms with Crippen LogP contribution in [0.25, 0.3) is 0 Å². The molecule has 3 N–H and O–H groups in total. The minimum Gasteiger partial charge on any atom is -0.271 e. The zero-order valence-electron chi connectivity index (χ0n) is 9.80. The van der Waals surface area contributed by atoms with E-state index in [2.05, 4.69) is 5.43 Å². The molecule has 1 atom stereocenters. The molecule has 0 aliphatic carbocycles. The molecule has 18 heavy (non-hydrogen) atoms. The molecule has 0 aliphatic heterocycles. The van der Waals surface area contributed by atoms with Crippen LogP contribution in [0.5, 0.6) is 0 Å². The van der Waals surface area contributed by atoms with Gasteiger partial charge in [-0.15, -0.1) is 0 Å². The van der Waals surface area contributed by atoms with Gasteiger partial charge in [0.2, 0.25) is 0 Å². The smallest absolute Gasteiger partial charge is 0.271 e. The summed E-state index contributed by atoms with van der Waals surface area (Å²) in [6, 6.07) is 7.04. The quantitative estimate of drug-likeness (QED) is 0.619. The van der Waals surface area contributed by atoms with Crippen molar-refractivity contribution in [2.24, 2.45) is 5.84 Å². The Kier molecular flexibility index (Phi) is 5.91. The molecule has 1 rings (SSSR count). The van der Waals surface area contributed by atoms with Gasteiger partial charge >= 0.3 is 6.18 Å². The van der Waals surface area contributed by atoms with Gasteiger partial charge in [0.05, 0.1) is 0 Å². The van der Waals surface area contributed by atoms with E-state index in [4.69, 9.17) is 17.4 Å². The summed E-state index contributed by atoms with van der Waals surface area (Å²) in [6.07, 6.45) is -3.95. The minimum atomic E-state index is -4.11. The normalized spacial score (nSPS) is 13.6. The molecule has 0 bridgehead atoms. The molecule has 0 spiro atoms. The molecule has 2 nitrogen and oxygen atoms in total. The number of halogens is 4. The second kappa shape index (κ2) is 6.97. The zero-order valence-corrected chi connectivity index (χ0v) is 10.6. The SMILES string of the molecule is NNC(CCCC(F)(F)F)Cc1ccccc1Cl. The first-order valence-electron chi connectivity index (χ1n) is 5.68. The Balaban J connectivity index is 2.45. The second-order valence-electron chi connectivity index (χ2n) is 4.17. The van der Waals surface area contributed by atoms with Gasteiger partial charge in [-0.05, 0) is 30.9 Å². The highest BCUT2D eigenvalue weighted by atomic mass is 35.5. The minimum absolute atomic E-state index is 0.0584. The van der Waals surface area contributed by atoms with Crippen LogP contribution in [0.1, 0.15) is 24.8 Å². The summed E-state index contributed by atoms with van der Waals surface area (Å²) in [6.45, 7) is 0. The van der Waals surface area contributed by atoms with Crippen molar-refractivity contribution in [3.05, 3.63) is 34.9 Å². The lowest BCUT2D eigenvalue weighted by atomic mass is 10.0. The Morgan fingerprint density at radius 1 is 1.28 bits per heavy atom. The summed E-state index contributed by atoms with van der Waals surface area (Å²) in [5.74, 6) is 5.35. The molecule has 0 heterocycles. The van der Waals surface area contributed by atoms with Crippen molar-refractivity contribution in [1.29, 1.82) is 0 Å². The second-order valence-corrected chi connectivity index (χ2v) is 4.57. The van der Waals surface area contributed by atoms with Crippen LogP contribution in [0, 0.1) is 0 Å². The van der Waals surface area contributed by atoms with Crippen molar-refractivity contribution in [3.63, 3.8) is 0 Å². The van der Waals surface area contributed by atoms with Gasteiger partial charge in [0.15, 0.2) is 0 Å². The van der Waals surface area contributed by atoms with Gasteiger partial charge in [0.25, 0.3) is 0 Å². The van der Waals surface area contributed by atoms with Crippen LogP contribution < -0.4 is 11.3 Å². The third-order valence-corrected chi connectivity index (χ3v) is 3.04. The van der Waals surface area contributed by atoms with Crippen molar-refractivity contribution in [3.8, 4) is 0 Å².